The second kappa shape index (κ2) is 14.7. The molecule has 0 aromatic carbocycles. The number of thiophene rings is 1. The third-order valence-electron chi connectivity index (χ3n) is 6.58. The first-order valence-electron chi connectivity index (χ1n) is 12.7. The van der Waals surface area contributed by atoms with Crippen LogP contribution in [0.1, 0.15) is 47.7 Å². The summed E-state index contributed by atoms with van der Waals surface area (Å²) in [6.07, 6.45) is 2.35. The summed E-state index contributed by atoms with van der Waals surface area (Å²) in [5, 5.41) is 8.77. The first kappa shape index (κ1) is 30.9. The van der Waals surface area contributed by atoms with Gasteiger partial charge < -0.3 is 15.1 Å². The van der Waals surface area contributed by atoms with E-state index in [1.807, 2.05) is 16.8 Å². The van der Waals surface area contributed by atoms with Crippen LogP contribution in [0.25, 0.3) is 0 Å². The van der Waals surface area contributed by atoms with E-state index in [0.717, 1.165) is 37.9 Å². The summed E-state index contributed by atoms with van der Waals surface area (Å²) in [4.78, 5) is 45.7. The largest absolute Gasteiger partial charge is 0.352 e. The molecule has 0 bridgehead atoms. The molecule has 11 nitrogen and oxygen atoms in total. The molecule has 2 aromatic heterocycles. The zero-order chi connectivity index (χ0) is 28.5. The zero-order valence-corrected chi connectivity index (χ0v) is 24.9. The lowest BCUT2D eigenvalue weighted by Crippen LogP contribution is -2.57. The number of carbonyl (C=O) groups is 3. The van der Waals surface area contributed by atoms with Crippen molar-refractivity contribution in [3.8, 4) is 0 Å². The van der Waals surface area contributed by atoms with Gasteiger partial charge in [0.2, 0.25) is 0 Å². The van der Waals surface area contributed by atoms with Crippen LogP contribution in [0.15, 0.2) is 22.9 Å². The van der Waals surface area contributed by atoms with Crippen LogP contribution >= 0.6 is 34.5 Å². The highest BCUT2D eigenvalue weighted by Gasteiger charge is 2.30. The molecule has 2 aromatic rings. The van der Waals surface area contributed by atoms with Crippen molar-refractivity contribution in [3.05, 3.63) is 49.9 Å². The number of aryl methyl sites for hydroxylation is 1. The lowest BCUT2D eigenvalue weighted by molar-refractivity contribution is 0.0897. The van der Waals surface area contributed by atoms with Crippen molar-refractivity contribution in [2.45, 2.75) is 51.7 Å². The molecule has 1 aliphatic heterocycles. The second-order valence-corrected chi connectivity index (χ2v) is 11.3. The number of rotatable bonds is 9. The molecule has 1 aliphatic rings. The summed E-state index contributed by atoms with van der Waals surface area (Å²) in [5.74, 6) is -0.268. The Kier molecular flexibility index (Phi) is 11.6. The van der Waals surface area contributed by atoms with E-state index in [2.05, 4.69) is 38.4 Å². The predicted molar refractivity (Wildman–Crippen MR) is 154 cm³/mol. The van der Waals surface area contributed by atoms with E-state index in [0.29, 0.717) is 24.2 Å². The molecule has 0 saturated carbocycles. The number of piperidine rings is 1. The van der Waals surface area contributed by atoms with E-state index < -0.39 is 6.03 Å². The maximum atomic E-state index is 13.1. The molecule has 3 rings (SSSR count). The number of urea groups is 2. The fourth-order valence-corrected chi connectivity index (χ4v) is 5.81. The normalized spacial score (nSPS) is 15.1. The number of hydrogen-bond donors (Lipinski definition) is 4. The molecule has 0 aliphatic carbocycles. The third-order valence-corrected chi connectivity index (χ3v) is 7.78. The molecule has 3 heterocycles. The van der Waals surface area contributed by atoms with Gasteiger partial charge in [-0.05, 0) is 67.1 Å². The Morgan fingerprint density at radius 2 is 1.92 bits per heavy atom. The van der Waals surface area contributed by atoms with Crippen LogP contribution in [0.2, 0.25) is 10.3 Å². The zero-order valence-electron chi connectivity index (χ0n) is 22.6. The molecule has 0 radical (unpaired) electrons. The predicted octanol–water partition coefficient (Wildman–Crippen LogP) is 3.63. The lowest BCUT2D eigenvalue weighted by Gasteiger charge is -2.40. The highest BCUT2D eigenvalue weighted by Crippen LogP contribution is 2.23. The summed E-state index contributed by atoms with van der Waals surface area (Å²) in [7, 11) is 3.36. The van der Waals surface area contributed by atoms with Gasteiger partial charge in [0, 0.05) is 52.4 Å². The van der Waals surface area contributed by atoms with Gasteiger partial charge in [-0.3, -0.25) is 10.2 Å². The number of pyridine rings is 1. The first-order valence-corrected chi connectivity index (χ1v) is 14.4. The standard InChI is InChI=1S/C25H36Cl2N8O3S/c1-16-13-20(26)29-22(27)21(16)23(36)28-9-5-17(2)34-10-6-19(7-11-34)35(14-18-8-12-39-15-18)25(38)31-30-24(37)32-33(3)4/h8,12-13,15,17,19H,5-7,9-11,14H2,1-4H3,(H,28,36)(H,31,38)(H2,30,32,37). The van der Waals surface area contributed by atoms with Crippen molar-refractivity contribution in [2.75, 3.05) is 33.7 Å². The summed E-state index contributed by atoms with van der Waals surface area (Å²) in [5.41, 5.74) is 9.51. The van der Waals surface area contributed by atoms with Gasteiger partial charge in [-0.2, -0.15) is 11.3 Å². The third kappa shape index (κ3) is 9.21. The van der Waals surface area contributed by atoms with E-state index in [1.54, 1.807) is 43.3 Å². The topological polar surface area (TPSA) is 122 Å². The molecule has 14 heteroatoms. The van der Waals surface area contributed by atoms with Gasteiger partial charge in [0.25, 0.3) is 5.91 Å². The maximum absolute atomic E-state index is 13.1. The van der Waals surface area contributed by atoms with Crippen molar-refractivity contribution < 1.29 is 14.4 Å². The molecule has 1 saturated heterocycles. The number of hydrogen-bond acceptors (Lipinski definition) is 7. The van der Waals surface area contributed by atoms with Gasteiger partial charge in [0.15, 0.2) is 0 Å². The van der Waals surface area contributed by atoms with Gasteiger partial charge in [-0.1, -0.05) is 23.2 Å². The molecule has 39 heavy (non-hydrogen) atoms. The van der Waals surface area contributed by atoms with Crippen molar-refractivity contribution in [1.29, 1.82) is 0 Å². The van der Waals surface area contributed by atoms with Gasteiger partial charge in [-0.15, -0.1) is 0 Å². The average molecular weight is 600 g/mol. The summed E-state index contributed by atoms with van der Waals surface area (Å²) >= 11 is 13.6. The number of nitrogens with zero attached hydrogens (tertiary/aromatic N) is 4. The Bertz CT molecular complexity index is 1100. The fraction of sp³-hybridized carbons (Fsp3) is 0.520. The Labute approximate surface area is 243 Å². The average Bonchev–Trinajstić information content (AvgIpc) is 3.38. The molecule has 5 amide bonds. The first-order chi connectivity index (χ1) is 18.5. The highest BCUT2D eigenvalue weighted by atomic mass is 35.5. The van der Waals surface area contributed by atoms with Crippen LogP contribution in [-0.4, -0.2) is 83.6 Å². The van der Waals surface area contributed by atoms with Gasteiger partial charge in [-0.25, -0.2) is 30.4 Å². The van der Waals surface area contributed by atoms with Crippen LogP contribution in [0.4, 0.5) is 9.59 Å². The minimum atomic E-state index is -0.524. The molecule has 4 N–H and O–H groups in total. The van der Waals surface area contributed by atoms with Crippen LogP contribution in [0.5, 0.6) is 0 Å². The van der Waals surface area contributed by atoms with Crippen LogP contribution in [-0.2, 0) is 6.54 Å². The van der Waals surface area contributed by atoms with Crippen molar-refractivity contribution >= 4 is 52.5 Å². The summed E-state index contributed by atoms with van der Waals surface area (Å²) < 4.78 is 0. The highest BCUT2D eigenvalue weighted by molar-refractivity contribution is 7.07. The van der Waals surface area contributed by atoms with E-state index in [-0.39, 0.29) is 34.3 Å². The molecular weight excluding hydrogens is 563 g/mol. The number of nitrogens with one attached hydrogen (secondary N) is 4. The molecule has 1 atom stereocenters. The Balaban J connectivity index is 1.50. The second-order valence-electron chi connectivity index (χ2n) is 9.74. The van der Waals surface area contributed by atoms with E-state index in [9.17, 15) is 14.4 Å². The molecule has 1 fully saturated rings. The molecule has 214 valence electrons. The van der Waals surface area contributed by atoms with Crippen molar-refractivity contribution in [3.63, 3.8) is 0 Å². The number of likely N-dealkylation sites (tertiary alicyclic amines) is 1. The van der Waals surface area contributed by atoms with E-state index in [4.69, 9.17) is 23.2 Å². The SMILES string of the molecule is Cc1cc(Cl)nc(Cl)c1C(=O)NCCC(C)N1CCC(N(Cc2ccsc2)C(=O)NNC(=O)NN(C)C)CC1. The minimum Gasteiger partial charge on any atom is -0.352 e. The van der Waals surface area contributed by atoms with Crippen LogP contribution in [0, 0.1) is 6.92 Å². The Morgan fingerprint density at radius 3 is 2.54 bits per heavy atom. The monoisotopic (exact) mass is 598 g/mol. The van der Waals surface area contributed by atoms with Gasteiger partial charge in [0.05, 0.1) is 5.56 Å². The van der Waals surface area contributed by atoms with E-state index in [1.165, 1.54) is 5.01 Å². The van der Waals surface area contributed by atoms with Crippen LogP contribution < -0.4 is 21.6 Å². The number of amides is 5. The number of halogens is 2. The number of hydrazine groups is 2. The molecular formula is C25H36Cl2N8O3S. The summed E-state index contributed by atoms with van der Waals surface area (Å²) in [6.45, 7) is 6.49. The van der Waals surface area contributed by atoms with Crippen molar-refractivity contribution in [2.24, 2.45) is 0 Å². The van der Waals surface area contributed by atoms with Gasteiger partial charge >= 0.3 is 12.1 Å². The minimum absolute atomic E-state index is 0.0225. The maximum Gasteiger partial charge on any atom is 0.348 e. The smallest absolute Gasteiger partial charge is 0.348 e. The fourth-order valence-electron chi connectivity index (χ4n) is 4.53. The molecule has 0 spiro atoms. The van der Waals surface area contributed by atoms with Gasteiger partial charge in [0.1, 0.15) is 10.3 Å². The van der Waals surface area contributed by atoms with E-state index >= 15 is 0 Å². The van der Waals surface area contributed by atoms with Crippen molar-refractivity contribution in [1.82, 2.24) is 41.4 Å². The lowest BCUT2D eigenvalue weighted by atomic mass is 10.0. The van der Waals surface area contributed by atoms with Crippen LogP contribution in [0.3, 0.4) is 0 Å². The quantitative estimate of drug-likeness (QED) is 0.258. The molecule has 1 unspecified atom stereocenters. The number of aromatic nitrogens is 1. The Morgan fingerprint density at radius 1 is 1.21 bits per heavy atom. The Hall–Kier alpha value is -2.64. The number of carbonyl (C=O) groups excluding carboxylic acids is 3. The summed E-state index contributed by atoms with van der Waals surface area (Å²) in [6, 6.07) is 3.00.